The third kappa shape index (κ3) is 3.45. The first-order valence-electron chi connectivity index (χ1n) is 7.30. The van der Waals surface area contributed by atoms with Crippen molar-refractivity contribution in [3.05, 3.63) is 0 Å². The lowest BCUT2D eigenvalue weighted by molar-refractivity contribution is -0.127. The van der Waals surface area contributed by atoms with Crippen LogP contribution in [0.5, 0.6) is 0 Å². The highest BCUT2D eigenvalue weighted by Gasteiger charge is 2.30. The molecule has 3 atom stereocenters. The molecule has 3 unspecified atom stereocenters. The number of nitrogens with one attached hydrogen (secondary N) is 2. The van der Waals surface area contributed by atoms with Gasteiger partial charge < -0.3 is 15.4 Å². The molecule has 0 aromatic heterocycles. The van der Waals surface area contributed by atoms with E-state index >= 15 is 0 Å². The van der Waals surface area contributed by atoms with Crippen molar-refractivity contribution in [2.45, 2.75) is 51.6 Å². The van der Waals surface area contributed by atoms with Crippen LogP contribution in [0.3, 0.4) is 0 Å². The molecule has 0 saturated carbocycles. The maximum absolute atomic E-state index is 12.3. The minimum Gasteiger partial charge on any atom is -0.381 e. The van der Waals surface area contributed by atoms with Gasteiger partial charge in [0.25, 0.3) is 0 Å². The van der Waals surface area contributed by atoms with Gasteiger partial charge in [0.1, 0.15) is 0 Å². The number of ether oxygens (including phenoxy) is 1. The topological polar surface area (TPSA) is 50.4 Å². The Bertz CT molecular complexity index is 277. The van der Waals surface area contributed by atoms with Crippen LogP contribution in [-0.4, -0.2) is 37.7 Å². The number of hydrogen-bond acceptors (Lipinski definition) is 3. The van der Waals surface area contributed by atoms with Gasteiger partial charge in [0.2, 0.25) is 5.91 Å². The van der Waals surface area contributed by atoms with Gasteiger partial charge in [0.15, 0.2) is 0 Å². The van der Waals surface area contributed by atoms with Gasteiger partial charge >= 0.3 is 0 Å². The van der Waals surface area contributed by atoms with Gasteiger partial charge in [-0.05, 0) is 52.0 Å². The highest BCUT2D eigenvalue weighted by molar-refractivity contribution is 5.79. The third-order valence-corrected chi connectivity index (χ3v) is 4.44. The molecule has 1 amide bonds. The monoisotopic (exact) mass is 254 g/mol. The molecule has 0 aromatic carbocycles. The van der Waals surface area contributed by atoms with Crippen LogP contribution in [0.2, 0.25) is 0 Å². The standard InChI is InChI=1S/C14H26N2O2/c1-10(12-5-8-18-9-6-12)16-14(17)13-4-3-7-15-11(13)2/h10-13,15H,3-9H2,1-2H3,(H,16,17). The summed E-state index contributed by atoms with van der Waals surface area (Å²) < 4.78 is 5.37. The number of rotatable bonds is 3. The second-order valence-electron chi connectivity index (χ2n) is 5.74. The molecule has 2 N–H and O–H groups in total. The minimum absolute atomic E-state index is 0.140. The molecule has 2 aliphatic heterocycles. The molecule has 0 spiro atoms. The first kappa shape index (κ1) is 13.8. The number of hydrogen-bond donors (Lipinski definition) is 2. The van der Waals surface area contributed by atoms with E-state index in [4.69, 9.17) is 4.74 Å². The maximum Gasteiger partial charge on any atom is 0.224 e. The van der Waals surface area contributed by atoms with Gasteiger partial charge in [-0.15, -0.1) is 0 Å². The molecule has 0 aromatic rings. The van der Waals surface area contributed by atoms with Crippen LogP contribution in [-0.2, 0) is 9.53 Å². The van der Waals surface area contributed by atoms with E-state index in [1.807, 2.05) is 0 Å². The molecule has 104 valence electrons. The van der Waals surface area contributed by atoms with Crippen LogP contribution in [0.1, 0.15) is 39.5 Å². The van der Waals surface area contributed by atoms with Crippen molar-refractivity contribution in [3.63, 3.8) is 0 Å². The van der Waals surface area contributed by atoms with E-state index in [9.17, 15) is 4.79 Å². The molecular weight excluding hydrogens is 228 g/mol. The van der Waals surface area contributed by atoms with E-state index in [2.05, 4.69) is 24.5 Å². The fraction of sp³-hybridized carbons (Fsp3) is 0.929. The summed E-state index contributed by atoms with van der Waals surface area (Å²) in [6.45, 7) is 6.97. The Morgan fingerprint density at radius 3 is 2.72 bits per heavy atom. The molecule has 0 bridgehead atoms. The minimum atomic E-state index is 0.140. The Hall–Kier alpha value is -0.610. The normalized spacial score (nSPS) is 31.9. The number of piperidine rings is 1. The van der Waals surface area contributed by atoms with Gasteiger partial charge in [-0.25, -0.2) is 0 Å². The molecule has 4 heteroatoms. The summed E-state index contributed by atoms with van der Waals surface area (Å²) in [4.78, 5) is 12.3. The summed E-state index contributed by atoms with van der Waals surface area (Å²) >= 11 is 0. The SMILES string of the molecule is CC(NC(=O)C1CCCNC1C)C1CCOCC1. The summed E-state index contributed by atoms with van der Waals surface area (Å²) in [5.74, 6) is 0.948. The number of carbonyl (C=O) groups is 1. The second-order valence-corrected chi connectivity index (χ2v) is 5.74. The largest absolute Gasteiger partial charge is 0.381 e. The fourth-order valence-electron chi connectivity index (χ4n) is 3.07. The Balaban J connectivity index is 1.81. The average Bonchev–Trinajstić information content (AvgIpc) is 2.40. The summed E-state index contributed by atoms with van der Waals surface area (Å²) in [6.07, 6.45) is 4.26. The fourth-order valence-corrected chi connectivity index (χ4v) is 3.07. The van der Waals surface area contributed by atoms with Crippen LogP contribution in [0.15, 0.2) is 0 Å². The highest BCUT2D eigenvalue weighted by Crippen LogP contribution is 2.21. The average molecular weight is 254 g/mol. The Kier molecular flexibility index (Phi) is 5.01. The predicted molar refractivity (Wildman–Crippen MR) is 71.3 cm³/mol. The van der Waals surface area contributed by atoms with Gasteiger partial charge in [-0.3, -0.25) is 4.79 Å². The maximum atomic E-state index is 12.3. The summed E-state index contributed by atoms with van der Waals surface area (Å²) in [7, 11) is 0. The van der Waals surface area contributed by atoms with E-state index in [0.29, 0.717) is 12.0 Å². The molecule has 4 nitrogen and oxygen atoms in total. The van der Waals surface area contributed by atoms with Gasteiger partial charge in [0, 0.05) is 25.3 Å². The molecular formula is C14H26N2O2. The number of amides is 1. The van der Waals surface area contributed by atoms with Gasteiger partial charge in [-0.2, -0.15) is 0 Å². The third-order valence-electron chi connectivity index (χ3n) is 4.44. The van der Waals surface area contributed by atoms with E-state index in [0.717, 1.165) is 45.4 Å². The molecule has 2 rings (SSSR count). The summed E-state index contributed by atoms with van der Waals surface area (Å²) in [5.41, 5.74) is 0. The molecule has 0 aliphatic carbocycles. The van der Waals surface area contributed by atoms with Crippen molar-refractivity contribution in [1.29, 1.82) is 0 Å². The van der Waals surface area contributed by atoms with Gasteiger partial charge in [-0.1, -0.05) is 0 Å². The van der Waals surface area contributed by atoms with Crippen molar-refractivity contribution in [3.8, 4) is 0 Å². The lowest BCUT2D eigenvalue weighted by Crippen LogP contribution is -2.50. The summed E-state index contributed by atoms with van der Waals surface area (Å²) in [5, 5.41) is 6.60. The van der Waals surface area contributed by atoms with Gasteiger partial charge in [0.05, 0.1) is 5.92 Å². The zero-order chi connectivity index (χ0) is 13.0. The van der Waals surface area contributed by atoms with Crippen LogP contribution in [0, 0.1) is 11.8 Å². The molecule has 18 heavy (non-hydrogen) atoms. The zero-order valence-corrected chi connectivity index (χ0v) is 11.6. The lowest BCUT2D eigenvalue weighted by Gasteiger charge is -2.33. The molecule has 2 heterocycles. The van der Waals surface area contributed by atoms with Crippen molar-refractivity contribution in [1.82, 2.24) is 10.6 Å². The van der Waals surface area contributed by atoms with Crippen LogP contribution < -0.4 is 10.6 Å². The highest BCUT2D eigenvalue weighted by atomic mass is 16.5. The number of carbonyl (C=O) groups excluding carboxylic acids is 1. The molecule has 2 fully saturated rings. The first-order chi connectivity index (χ1) is 8.68. The van der Waals surface area contributed by atoms with Crippen LogP contribution >= 0.6 is 0 Å². The van der Waals surface area contributed by atoms with Crippen LogP contribution in [0.4, 0.5) is 0 Å². The molecule has 0 radical (unpaired) electrons. The molecule has 2 aliphatic rings. The zero-order valence-electron chi connectivity index (χ0n) is 11.6. The molecule has 2 saturated heterocycles. The Labute approximate surface area is 110 Å². The first-order valence-corrected chi connectivity index (χ1v) is 7.30. The Morgan fingerprint density at radius 2 is 2.06 bits per heavy atom. The van der Waals surface area contributed by atoms with E-state index in [-0.39, 0.29) is 17.9 Å². The van der Waals surface area contributed by atoms with Crippen molar-refractivity contribution in [2.24, 2.45) is 11.8 Å². The van der Waals surface area contributed by atoms with Crippen LogP contribution in [0.25, 0.3) is 0 Å². The smallest absolute Gasteiger partial charge is 0.224 e. The quantitative estimate of drug-likeness (QED) is 0.798. The van der Waals surface area contributed by atoms with Crippen molar-refractivity contribution in [2.75, 3.05) is 19.8 Å². The lowest BCUT2D eigenvalue weighted by atomic mass is 9.89. The van der Waals surface area contributed by atoms with E-state index in [1.165, 1.54) is 0 Å². The summed E-state index contributed by atoms with van der Waals surface area (Å²) in [6, 6.07) is 0.580. The van der Waals surface area contributed by atoms with Crippen molar-refractivity contribution < 1.29 is 9.53 Å². The predicted octanol–water partition coefficient (Wildman–Crippen LogP) is 1.31. The van der Waals surface area contributed by atoms with E-state index < -0.39 is 0 Å². The second kappa shape index (κ2) is 6.53. The van der Waals surface area contributed by atoms with E-state index in [1.54, 1.807) is 0 Å². The van der Waals surface area contributed by atoms with Crippen molar-refractivity contribution >= 4 is 5.91 Å². The Morgan fingerprint density at radius 1 is 1.33 bits per heavy atom.